The van der Waals surface area contributed by atoms with Gasteiger partial charge in [-0.3, -0.25) is 4.98 Å². The summed E-state index contributed by atoms with van der Waals surface area (Å²) in [6, 6.07) is 4.55. The second kappa shape index (κ2) is 7.86. The quantitative estimate of drug-likeness (QED) is 0.574. The zero-order valence-electron chi connectivity index (χ0n) is 10.9. The van der Waals surface area contributed by atoms with Gasteiger partial charge in [-0.15, -0.1) is 12.3 Å². The number of nitrogens with one attached hydrogen (secondary N) is 1. The van der Waals surface area contributed by atoms with E-state index in [1.54, 1.807) is 0 Å². The maximum Gasteiger partial charge on any atom is 0.0420 e. The molecule has 0 fully saturated rings. The maximum absolute atomic E-state index is 5.30. The van der Waals surface area contributed by atoms with Crippen LogP contribution in [-0.4, -0.2) is 11.5 Å². The van der Waals surface area contributed by atoms with Crippen molar-refractivity contribution >= 4 is 0 Å². The van der Waals surface area contributed by atoms with Crippen molar-refractivity contribution in [2.45, 2.75) is 45.6 Å². The van der Waals surface area contributed by atoms with Crippen LogP contribution >= 0.6 is 0 Å². The normalized spacial score (nSPS) is 12.1. The van der Waals surface area contributed by atoms with Crippen LogP contribution in [0.3, 0.4) is 0 Å². The number of rotatable bonds is 7. The molecule has 1 atom stereocenters. The van der Waals surface area contributed by atoms with Gasteiger partial charge in [0.1, 0.15) is 0 Å². The highest BCUT2D eigenvalue weighted by atomic mass is 14.9. The van der Waals surface area contributed by atoms with Crippen LogP contribution < -0.4 is 5.32 Å². The van der Waals surface area contributed by atoms with Crippen molar-refractivity contribution in [2.75, 3.05) is 6.54 Å². The van der Waals surface area contributed by atoms with Gasteiger partial charge in [0.15, 0.2) is 0 Å². The van der Waals surface area contributed by atoms with Crippen molar-refractivity contribution < 1.29 is 0 Å². The third kappa shape index (κ3) is 4.58. The molecule has 0 saturated heterocycles. The molecule has 92 valence electrons. The van der Waals surface area contributed by atoms with Crippen LogP contribution in [0.2, 0.25) is 0 Å². The van der Waals surface area contributed by atoms with Crippen LogP contribution in [0.15, 0.2) is 18.3 Å². The molecule has 0 amide bonds. The van der Waals surface area contributed by atoms with E-state index in [4.69, 9.17) is 6.42 Å². The molecule has 2 heteroatoms. The highest BCUT2D eigenvalue weighted by Crippen LogP contribution is 2.21. The Morgan fingerprint density at radius 3 is 3.00 bits per heavy atom. The van der Waals surface area contributed by atoms with Crippen molar-refractivity contribution in [1.82, 2.24) is 10.3 Å². The fourth-order valence-corrected chi connectivity index (χ4v) is 1.96. The fourth-order valence-electron chi connectivity index (χ4n) is 1.96. The Morgan fingerprint density at radius 1 is 1.53 bits per heavy atom. The minimum atomic E-state index is 0.386. The number of terminal acetylenes is 1. The number of unbranched alkanes of at least 4 members (excludes halogenated alkanes) is 1. The first kappa shape index (κ1) is 13.7. The van der Waals surface area contributed by atoms with Gasteiger partial charge in [-0.1, -0.05) is 13.0 Å². The van der Waals surface area contributed by atoms with Gasteiger partial charge in [-0.2, -0.15) is 0 Å². The molecule has 0 aliphatic heterocycles. The van der Waals surface area contributed by atoms with E-state index in [9.17, 15) is 0 Å². The van der Waals surface area contributed by atoms with Gasteiger partial charge in [0, 0.05) is 24.4 Å². The first-order valence-corrected chi connectivity index (χ1v) is 6.38. The minimum absolute atomic E-state index is 0.386. The van der Waals surface area contributed by atoms with Crippen LogP contribution in [0, 0.1) is 19.3 Å². The maximum atomic E-state index is 5.30. The first-order valence-electron chi connectivity index (χ1n) is 6.38. The van der Waals surface area contributed by atoms with Crippen molar-refractivity contribution in [2.24, 2.45) is 0 Å². The van der Waals surface area contributed by atoms with E-state index in [1.807, 2.05) is 12.3 Å². The lowest BCUT2D eigenvalue weighted by Crippen LogP contribution is -2.23. The lowest BCUT2D eigenvalue weighted by atomic mass is 10.00. The summed E-state index contributed by atoms with van der Waals surface area (Å²) in [6.07, 6.45) is 11.3. The number of hydrogen-bond acceptors (Lipinski definition) is 2. The minimum Gasteiger partial charge on any atom is -0.310 e. The van der Waals surface area contributed by atoms with Crippen LogP contribution in [0.1, 0.15) is 49.9 Å². The molecule has 0 aliphatic rings. The third-order valence-electron chi connectivity index (χ3n) is 2.88. The first-order chi connectivity index (χ1) is 8.29. The molecule has 0 bridgehead atoms. The molecule has 1 aromatic rings. The largest absolute Gasteiger partial charge is 0.310 e. The van der Waals surface area contributed by atoms with Crippen LogP contribution in [-0.2, 0) is 0 Å². The van der Waals surface area contributed by atoms with E-state index in [2.05, 4.69) is 36.1 Å². The number of pyridine rings is 1. The lowest BCUT2D eigenvalue weighted by Gasteiger charge is -2.20. The molecule has 1 rings (SSSR count). The van der Waals surface area contributed by atoms with Gasteiger partial charge in [-0.25, -0.2) is 0 Å². The van der Waals surface area contributed by atoms with Crippen molar-refractivity contribution in [3.8, 4) is 12.3 Å². The molecule has 0 aliphatic carbocycles. The molecule has 0 aromatic carbocycles. The van der Waals surface area contributed by atoms with E-state index in [-0.39, 0.29) is 0 Å². The smallest absolute Gasteiger partial charge is 0.0420 e. The summed E-state index contributed by atoms with van der Waals surface area (Å²) in [7, 11) is 0. The highest BCUT2D eigenvalue weighted by molar-refractivity contribution is 5.22. The number of nitrogens with zero attached hydrogens (tertiary/aromatic N) is 1. The molecule has 2 nitrogen and oxygen atoms in total. The molecular weight excluding hydrogens is 208 g/mol. The van der Waals surface area contributed by atoms with Gasteiger partial charge in [-0.05, 0) is 44.4 Å². The highest BCUT2D eigenvalue weighted by Gasteiger charge is 2.12. The predicted molar refractivity (Wildman–Crippen MR) is 72.7 cm³/mol. The van der Waals surface area contributed by atoms with E-state index in [1.165, 1.54) is 5.56 Å². The summed E-state index contributed by atoms with van der Waals surface area (Å²) in [5.74, 6) is 2.70. The Morgan fingerprint density at radius 2 is 2.35 bits per heavy atom. The van der Waals surface area contributed by atoms with Gasteiger partial charge in [0.25, 0.3) is 0 Å². The summed E-state index contributed by atoms with van der Waals surface area (Å²) < 4.78 is 0. The Labute approximate surface area is 105 Å². The van der Waals surface area contributed by atoms with Crippen LogP contribution in [0.25, 0.3) is 0 Å². The number of aromatic nitrogens is 1. The summed E-state index contributed by atoms with van der Waals surface area (Å²) in [6.45, 7) is 5.29. The van der Waals surface area contributed by atoms with Crippen molar-refractivity contribution in [1.29, 1.82) is 0 Å². The van der Waals surface area contributed by atoms with Gasteiger partial charge in [0.05, 0.1) is 0 Å². The standard InChI is InChI=1S/C15H22N2/c1-4-6-7-10-15(17-11-5-2)14-9-8-12-16-13(14)3/h1,8-9,12,15,17H,5-7,10-11H2,2-3H3. The second-order valence-corrected chi connectivity index (χ2v) is 4.28. The third-order valence-corrected chi connectivity index (χ3v) is 2.88. The van der Waals surface area contributed by atoms with E-state index in [0.29, 0.717) is 6.04 Å². The summed E-state index contributed by atoms with van der Waals surface area (Å²) in [5, 5.41) is 3.58. The molecule has 1 heterocycles. The van der Waals surface area contributed by atoms with Crippen LogP contribution in [0.4, 0.5) is 0 Å². The van der Waals surface area contributed by atoms with Gasteiger partial charge < -0.3 is 5.32 Å². The molecule has 0 radical (unpaired) electrons. The SMILES string of the molecule is C#CCCCC(NCCC)c1cccnc1C. The Balaban J connectivity index is 2.68. The van der Waals surface area contributed by atoms with Crippen molar-refractivity contribution in [3.05, 3.63) is 29.6 Å². The zero-order chi connectivity index (χ0) is 12.5. The topological polar surface area (TPSA) is 24.9 Å². The molecular formula is C15H22N2. The number of aryl methyl sites for hydroxylation is 1. The summed E-state index contributed by atoms with van der Waals surface area (Å²) in [5.41, 5.74) is 2.42. The monoisotopic (exact) mass is 230 g/mol. The molecule has 0 spiro atoms. The second-order valence-electron chi connectivity index (χ2n) is 4.28. The Bertz CT molecular complexity index is 365. The van der Waals surface area contributed by atoms with Crippen molar-refractivity contribution in [3.63, 3.8) is 0 Å². The predicted octanol–water partition coefficient (Wildman–Crippen LogP) is 3.23. The Hall–Kier alpha value is -1.33. The summed E-state index contributed by atoms with van der Waals surface area (Å²) >= 11 is 0. The van der Waals surface area contributed by atoms with E-state index in [0.717, 1.165) is 37.9 Å². The fraction of sp³-hybridized carbons (Fsp3) is 0.533. The van der Waals surface area contributed by atoms with Gasteiger partial charge >= 0.3 is 0 Å². The van der Waals surface area contributed by atoms with Crippen LogP contribution in [0.5, 0.6) is 0 Å². The molecule has 0 saturated carbocycles. The van der Waals surface area contributed by atoms with E-state index >= 15 is 0 Å². The summed E-state index contributed by atoms with van der Waals surface area (Å²) in [4.78, 5) is 4.36. The average molecular weight is 230 g/mol. The molecule has 1 unspecified atom stereocenters. The molecule has 17 heavy (non-hydrogen) atoms. The van der Waals surface area contributed by atoms with Gasteiger partial charge in [0.2, 0.25) is 0 Å². The lowest BCUT2D eigenvalue weighted by molar-refractivity contribution is 0.484. The average Bonchev–Trinajstić information content (AvgIpc) is 2.35. The molecule has 1 aromatic heterocycles. The zero-order valence-corrected chi connectivity index (χ0v) is 10.9. The Kier molecular flexibility index (Phi) is 6.35. The number of hydrogen-bond donors (Lipinski definition) is 1. The molecule has 1 N–H and O–H groups in total. The van der Waals surface area contributed by atoms with E-state index < -0.39 is 0 Å².